The van der Waals surface area contributed by atoms with Crippen LogP contribution in [-0.2, 0) is 16.2 Å². The second kappa shape index (κ2) is 11.3. The third-order valence-electron chi connectivity index (χ3n) is 6.45. The van der Waals surface area contributed by atoms with Crippen LogP contribution in [0.2, 0.25) is 5.02 Å². The highest BCUT2D eigenvalue weighted by atomic mass is 79.9. The Morgan fingerprint density at radius 2 is 1.81 bits per heavy atom. The van der Waals surface area contributed by atoms with Crippen molar-refractivity contribution in [1.82, 2.24) is 9.80 Å². The summed E-state index contributed by atoms with van der Waals surface area (Å²) < 4.78 is 6.70. The Balaban J connectivity index is 1.29. The number of halogens is 2. The Hall–Kier alpha value is -2.81. The van der Waals surface area contributed by atoms with Crippen molar-refractivity contribution in [3.63, 3.8) is 0 Å². The van der Waals surface area contributed by atoms with Crippen LogP contribution in [0.15, 0.2) is 64.0 Å². The van der Waals surface area contributed by atoms with Crippen LogP contribution in [0.5, 0.6) is 5.75 Å². The molecule has 0 atom stereocenters. The molecule has 6 nitrogen and oxygen atoms in total. The summed E-state index contributed by atoms with van der Waals surface area (Å²) in [4.78, 5) is 41.0. The fourth-order valence-electron chi connectivity index (χ4n) is 4.54. The first-order chi connectivity index (χ1) is 17.9. The predicted molar refractivity (Wildman–Crippen MR) is 151 cm³/mol. The van der Waals surface area contributed by atoms with E-state index in [-0.39, 0.29) is 17.4 Å². The monoisotopic (exact) mass is 598 g/mol. The summed E-state index contributed by atoms with van der Waals surface area (Å²) >= 11 is 10.9. The van der Waals surface area contributed by atoms with Crippen LogP contribution in [0.3, 0.4) is 0 Å². The summed E-state index contributed by atoms with van der Waals surface area (Å²) in [6.07, 6.45) is 4.61. The average Bonchev–Trinajstić information content (AvgIpc) is 3.16. The molecule has 9 heteroatoms. The number of imide groups is 1. The van der Waals surface area contributed by atoms with E-state index in [4.69, 9.17) is 16.3 Å². The van der Waals surface area contributed by atoms with Crippen LogP contribution in [0.4, 0.5) is 4.79 Å². The molecule has 3 aromatic rings. The number of piperidine rings is 1. The quantitative estimate of drug-likeness (QED) is 0.289. The Bertz CT molecular complexity index is 1390. The third kappa shape index (κ3) is 5.71. The van der Waals surface area contributed by atoms with E-state index in [1.807, 2.05) is 24.3 Å². The number of fused-ring (bicyclic) bond motifs is 1. The van der Waals surface area contributed by atoms with Gasteiger partial charge in [0, 0.05) is 13.1 Å². The Morgan fingerprint density at radius 3 is 2.59 bits per heavy atom. The molecular weight excluding hydrogens is 576 g/mol. The van der Waals surface area contributed by atoms with Crippen LogP contribution in [0, 0.1) is 0 Å². The molecule has 0 N–H and O–H groups in total. The molecule has 5 rings (SSSR count). The van der Waals surface area contributed by atoms with Gasteiger partial charge >= 0.3 is 0 Å². The van der Waals surface area contributed by atoms with Gasteiger partial charge in [-0.3, -0.25) is 19.3 Å². The number of carbonyl (C=O) groups is 3. The summed E-state index contributed by atoms with van der Waals surface area (Å²) in [6.45, 7) is 1.45. The van der Waals surface area contributed by atoms with Crippen LogP contribution >= 0.6 is 39.3 Å². The molecule has 3 aromatic carbocycles. The van der Waals surface area contributed by atoms with Crippen molar-refractivity contribution in [2.75, 3.05) is 19.6 Å². The number of amides is 3. The van der Waals surface area contributed by atoms with Crippen molar-refractivity contribution in [1.29, 1.82) is 0 Å². The van der Waals surface area contributed by atoms with Crippen molar-refractivity contribution in [3.8, 4) is 5.75 Å². The highest BCUT2D eigenvalue weighted by Gasteiger charge is 2.37. The molecule has 2 saturated heterocycles. The summed E-state index contributed by atoms with van der Waals surface area (Å²) in [5.41, 5.74) is 1.68. The first-order valence-electron chi connectivity index (χ1n) is 12.0. The van der Waals surface area contributed by atoms with Gasteiger partial charge < -0.3 is 9.64 Å². The van der Waals surface area contributed by atoms with Crippen molar-refractivity contribution < 1.29 is 19.1 Å². The molecule has 0 aromatic heterocycles. The van der Waals surface area contributed by atoms with Gasteiger partial charge in [-0.25, -0.2) is 0 Å². The van der Waals surface area contributed by atoms with Gasteiger partial charge in [0.15, 0.2) is 5.75 Å². The summed E-state index contributed by atoms with van der Waals surface area (Å²) in [6, 6.07) is 17.7. The van der Waals surface area contributed by atoms with E-state index in [9.17, 15) is 14.4 Å². The topological polar surface area (TPSA) is 66.9 Å². The molecule has 2 fully saturated rings. The first-order valence-corrected chi connectivity index (χ1v) is 14.0. The van der Waals surface area contributed by atoms with E-state index in [0.717, 1.165) is 52.3 Å². The molecule has 0 aliphatic carbocycles. The van der Waals surface area contributed by atoms with Crippen LogP contribution in [0.1, 0.15) is 30.4 Å². The fraction of sp³-hybridized carbons (Fsp3) is 0.250. The molecule has 0 bridgehead atoms. The van der Waals surface area contributed by atoms with Crippen LogP contribution < -0.4 is 4.74 Å². The maximum atomic E-state index is 12.9. The van der Waals surface area contributed by atoms with Crippen LogP contribution in [-0.4, -0.2) is 46.5 Å². The summed E-state index contributed by atoms with van der Waals surface area (Å²) in [5, 5.41) is 2.18. The van der Waals surface area contributed by atoms with Gasteiger partial charge in [0.25, 0.3) is 11.1 Å². The standard InChI is InChI=1S/C28H24BrClN2O4S/c29-22-13-18(14-23(30)26(22)36-17-20-9-6-8-19-7-2-3-10-21(19)20)15-24-27(34)32(28(35)37-24)16-25(33)31-11-4-1-5-12-31/h2-3,6-10,13-15H,1,4-5,11-12,16-17H2/b24-15-. The Morgan fingerprint density at radius 1 is 1.05 bits per heavy atom. The van der Waals surface area contributed by atoms with E-state index in [1.165, 1.54) is 0 Å². The predicted octanol–water partition coefficient (Wildman–Crippen LogP) is 6.88. The van der Waals surface area contributed by atoms with E-state index < -0.39 is 11.1 Å². The van der Waals surface area contributed by atoms with Gasteiger partial charge in [0.05, 0.1) is 14.4 Å². The molecule has 190 valence electrons. The second-order valence-corrected chi connectivity index (χ2v) is 11.2. The largest absolute Gasteiger partial charge is 0.486 e. The smallest absolute Gasteiger partial charge is 0.294 e. The number of carbonyl (C=O) groups excluding carboxylic acids is 3. The molecule has 0 saturated carbocycles. The van der Waals surface area contributed by atoms with Gasteiger partial charge in [-0.1, -0.05) is 54.1 Å². The van der Waals surface area contributed by atoms with Crippen molar-refractivity contribution in [2.24, 2.45) is 0 Å². The molecule has 0 spiro atoms. The zero-order chi connectivity index (χ0) is 25.9. The molecule has 3 amide bonds. The lowest BCUT2D eigenvalue weighted by Gasteiger charge is -2.27. The van der Waals surface area contributed by atoms with E-state index in [0.29, 0.717) is 40.5 Å². The molecule has 0 radical (unpaired) electrons. The summed E-state index contributed by atoms with van der Waals surface area (Å²) in [5.74, 6) is -0.169. The van der Waals surface area contributed by atoms with Crippen LogP contribution in [0.25, 0.3) is 16.8 Å². The van der Waals surface area contributed by atoms with Gasteiger partial charge in [-0.15, -0.1) is 0 Å². The van der Waals surface area contributed by atoms with Gasteiger partial charge in [-0.2, -0.15) is 0 Å². The minimum absolute atomic E-state index is 0.193. The minimum Gasteiger partial charge on any atom is -0.486 e. The molecule has 2 aliphatic rings. The number of hydrogen-bond acceptors (Lipinski definition) is 5. The van der Waals surface area contributed by atoms with Gasteiger partial charge in [0.2, 0.25) is 5.91 Å². The number of likely N-dealkylation sites (tertiary alicyclic amines) is 1. The zero-order valence-electron chi connectivity index (χ0n) is 19.9. The average molecular weight is 600 g/mol. The highest BCUT2D eigenvalue weighted by molar-refractivity contribution is 9.10. The number of ether oxygens (including phenoxy) is 1. The van der Waals surface area contributed by atoms with Gasteiger partial charge in [-0.05, 0) is 87.1 Å². The lowest BCUT2D eigenvalue weighted by molar-refractivity contribution is -0.136. The molecular formula is C28H24BrClN2O4S. The summed E-state index contributed by atoms with van der Waals surface area (Å²) in [7, 11) is 0. The second-order valence-electron chi connectivity index (χ2n) is 8.95. The molecule has 37 heavy (non-hydrogen) atoms. The fourth-order valence-corrected chi connectivity index (χ4v) is 6.36. The van der Waals surface area contributed by atoms with E-state index in [1.54, 1.807) is 23.1 Å². The van der Waals surface area contributed by atoms with E-state index in [2.05, 4.69) is 34.1 Å². The molecule has 2 aliphatic heterocycles. The number of thioether (sulfide) groups is 1. The molecule has 2 heterocycles. The normalized spacial score (nSPS) is 17.2. The Labute approximate surface area is 232 Å². The zero-order valence-corrected chi connectivity index (χ0v) is 23.1. The lowest BCUT2D eigenvalue weighted by atomic mass is 10.1. The number of benzene rings is 3. The minimum atomic E-state index is -0.469. The van der Waals surface area contributed by atoms with Gasteiger partial charge in [0.1, 0.15) is 13.2 Å². The van der Waals surface area contributed by atoms with Crippen molar-refractivity contribution in [2.45, 2.75) is 25.9 Å². The number of rotatable bonds is 6. The lowest BCUT2D eigenvalue weighted by Crippen LogP contribution is -2.44. The van der Waals surface area contributed by atoms with E-state index >= 15 is 0 Å². The molecule has 0 unspecified atom stereocenters. The Kier molecular flexibility index (Phi) is 7.88. The maximum absolute atomic E-state index is 12.9. The van der Waals surface area contributed by atoms with Crippen molar-refractivity contribution >= 4 is 73.2 Å². The first kappa shape index (κ1) is 25.8. The number of hydrogen-bond donors (Lipinski definition) is 0. The third-order valence-corrected chi connectivity index (χ3v) is 8.22. The van der Waals surface area contributed by atoms with Crippen molar-refractivity contribution in [3.05, 3.63) is 80.1 Å². The number of nitrogens with zero attached hydrogens (tertiary/aromatic N) is 2. The maximum Gasteiger partial charge on any atom is 0.294 e. The highest BCUT2D eigenvalue weighted by Crippen LogP contribution is 2.38. The SMILES string of the molecule is O=C(CN1C(=O)S/C(=C\c2cc(Cl)c(OCc3cccc4ccccc34)c(Br)c2)C1=O)N1CCCCC1.